The van der Waals surface area contributed by atoms with Gasteiger partial charge < -0.3 is 5.11 Å². The molecule has 94 valence electrons. The quantitative estimate of drug-likeness (QED) is 0.851. The Morgan fingerprint density at radius 3 is 2.82 bits per heavy atom. The predicted molar refractivity (Wildman–Crippen MR) is 66.2 cm³/mol. The molecule has 1 aromatic heterocycles. The molecule has 1 aliphatic heterocycles. The van der Waals surface area contributed by atoms with E-state index in [2.05, 4.69) is 4.98 Å². The molecule has 4 nitrogen and oxygen atoms in total. The molecule has 0 aliphatic carbocycles. The van der Waals surface area contributed by atoms with Gasteiger partial charge in [0.1, 0.15) is 11.9 Å². The molecule has 17 heavy (non-hydrogen) atoms. The summed E-state index contributed by atoms with van der Waals surface area (Å²) in [5.74, 6) is 0.778. The molecule has 0 saturated heterocycles. The Bertz CT molecular complexity index is 460. The number of aromatic nitrogens is 2. The Kier molecular flexibility index (Phi) is 3.33. The summed E-state index contributed by atoms with van der Waals surface area (Å²) < 4.78 is 1.65. The molecule has 2 heterocycles. The zero-order valence-electron chi connectivity index (χ0n) is 10.7. The van der Waals surface area contributed by atoms with Crippen molar-refractivity contribution in [3.8, 4) is 0 Å². The van der Waals surface area contributed by atoms with Gasteiger partial charge in [-0.3, -0.25) is 9.36 Å². The molecule has 0 aromatic carbocycles. The van der Waals surface area contributed by atoms with E-state index in [0.29, 0.717) is 25.2 Å². The number of aliphatic hydroxyl groups is 1. The molecule has 1 unspecified atom stereocenters. The van der Waals surface area contributed by atoms with Crippen molar-refractivity contribution in [1.29, 1.82) is 0 Å². The van der Waals surface area contributed by atoms with Crippen molar-refractivity contribution < 1.29 is 5.11 Å². The van der Waals surface area contributed by atoms with Gasteiger partial charge >= 0.3 is 0 Å². The Morgan fingerprint density at radius 2 is 2.24 bits per heavy atom. The molecule has 4 heteroatoms. The lowest BCUT2D eigenvalue weighted by atomic mass is 10.0. The van der Waals surface area contributed by atoms with E-state index in [1.807, 2.05) is 20.8 Å². The van der Waals surface area contributed by atoms with Gasteiger partial charge in [-0.1, -0.05) is 20.8 Å². The van der Waals surface area contributed by atoms with E-state index >= 15 is 0 Å². The van der Waals surface area contributed by atoms with Crippen LogP contribution in [0.1, 0.15) is 62.7 Å². The number of hydrogen-bond donors (Lipinski definition) is 1. The predicted octanol–water partition coefficient (Wildman–Crippen LogP) is 1.76. The number of fused-ring (bicyclic) bond motifs is 1. The van der Waals surface area contributed by atoms with Crippen LogP contribution < -0.4 is 5.56 Å². The second-order valence-corrected chi connectivity index (χ2v) is 4.96. The fourth-order valence-corrected chi connectivity index (χ4v) is 2.48. The number of nitrogens with zero attached hydrogens (tertiary/aromatic N) is 2. The average molecular weight is 236 g/mol. The maximum Gasteiger partial charge on any atom is 0.257 e. The molecule has 1 aromatic rings. The summed E-state index contributed by atoms with van der Waals surface area (Å²) in [6.07, 6.45) is 1.67. The summed E-state index contributed by atoms with van der Waals surface area (Å²) in [5, 5.41) is 9.93. The van der Waals surface area contributed by atoms with Crippen LogP contribution in [-0.4, -0.2) is 14.7 Å². The first kappa shape index (κ1) is 12.3. The van der Waals surface area contributed by atoms with Gasteiger partial charge in [0.15, 0.2) is 0 Å². The van der Waals surface area contributed by atoms with Crippen molar-refractivity contribution in [2.75, 3.05) is 0 Å². The zero-order valence-corrected chi connectivity index (χ0v) is 10.7. The molecule has 1 N–H and O–H groups in total. The van der Waals surface area contributed by atoms with E-state index in [1.165, 1.54) is 0 Å². The van der Waals surface area contributed by atoms with Crippen LogP contribution in [0.3, 0.4) is 0 Å². The van der Waals surface area contributed by atoms with Crippen molar-refractivity contribution in [3.63, 3.8) is 0 Å². The lowest BCUT2D eigenvalue weighted by Gasteiger charge is -2.24. The number of hydrogen-bond acceptors (Lipinski definition) is 3. The van der Waals surface area contributed by atoms with Crippen molar-refractivity contribution in [1.82, 2.24) is 9.55 Å². The first-order valence-corrected chi connectivity index (χ1v) is 6.37. The maximum absolute atomic E-state index is 12.3. The summed E-state index contributed by atoms with van der Waals surface area (Å²) in [6.45, 7) is 6.74. The van der Waals surface area contributed by atoms with Gasteiger partial charge in [0.05, 0.1) is 5.69 Å². The number of aliphatic hydroxyl groups excluding tert-OH is 1. The topological polar surface area (TPSA) is 55.1 Å². The van der Waals surface area contributed by atoms with Crippen molar-refractivity contribution in [2.45, 2.75) is 58.6 Å². The molecule has 0 spiro atoms. The molecule has 0 fully saturated rings. The molecule has 0 amide bonds. The minimum atomic E-state index is -0.583. The Hall–Kier alpha value is -1.16. The maximum atomic E-state index is 12.3. The Morgan fingerprint density at radius 1 is 1.53 bits per heavy atom. The van der Waals surface area contributed by atoms with Crippen LogP contribution in [0.5, 0.6) is 0 Å². The van der Waals surface area contributed by atoms with Gasteiger partial charge in [0.2, 0.25) is 0 Å². The van der Waals surface area contributed by atoms with Crippen LogP contribution in [0.15, 0.2) is 4.79 Å². The van der Waals surface area contributed by atoms with Crippen LogP contribution in [0, 0.1) is 0 Å². The van der Waals surface area contributed by atoms with Crippen LogP contribution >= 0.6 is 0 Å². The largest absolute Gasteiger partial charge is 0.385 e. The molecule has 1 atom stereocenters. The SMILES string of the molecule is CCc1c(C(C)C)nc2n(c1=O)CCCC2O. The van der Waals surface area contributed by atoms with Gasteiger partial charge in [-0.15, -0.1) is 0 Å². The van der Waals surface area contributed by atoms with E-state index in [4.69, 9.17) is 0 Å². The summed E-state index contributed by atoms with van der Waals surface area (Å²) >= 11 is 0. The summed E-state index contributed by atoms with van der Waals surface area (Å²) in [4.78, 5) is 16.9. The van der Waals surface area contributed by atoms with E-state index in [1.54, 1.807) is 4.57 Å². The molecule has 0 bridgehead atoms. The van der Waals surface area contributed by atoms with Gasteiger partial charge in [0, 0.05) is 12.1 Å². The van der Waals surface area contributed by atoms with Gasteiger partial charge in [-0.25, -0.2) is 4.98 Å². The fraction of sp³-hybridized carbons (Fsp3) is 0.692. The van der Waals surface area contributed by atoms with Crippen molar-refractivity contribution >= 4 is 0 Å². The van der Waals surface area contributed by atoms with Gasteiger partial charge in [0.25, 0.3) is 5.56 Å². The molecular formula is C13H20N2O2. The van der Waals surface area contributed by atoms with Crippen LogP contribution in [0.25, 0.3) is 0 Å². The fourth-order valence-electron chi connectivity index (χ4n) is 2.48. The molecule has 1 aliphatic rings. The second kappa shape index (κ2) is 4.61. The standard InChI is InChI=1S/C13H20N2O2/c1-4-9-11(8(2)3)14-12-10(16)6-5-7-15(12)13(9)17/h8,10,16H,4-7H2,1-3H3. The minimum Gasteiger partial charge on any atom is -0.385 e. The third-order valence-electron chi connectivity index (χ3n) is 3.38. The van der Waals surface area contributed by atoms with E-state index in [9.17, 15) is 9.90 Å². The summed E-state index contributed by atoms with van der Waals surface area (Å²) in [7, 11) is 0. The van der Waals surface area contributed by atoms with E-state index in [-0.39, 0.29) is 11.5 Å². The Balaban J connectivity index is 2.68. The highest BCUT2D eigenvalue weighted by Gasteiger charge is 2.24. The number of rotatable bonds is 2. The van der Waals surface area contributed by atoms with Crippen molar-refractivity contribution in [2.24, 2.45) is 0 Å². The third-order valence-corrected chi connectivity index (χ3v) is 3.38. The highest BCUT2D eigenvalue weighted by Crippen LogP contribution is 2.24. The molecule has 0 radical (unpaired) electrons. The average Bonchev–Trinajstić information content (AvgIpc) is 2.30. The smallest absolute Gasteiger partial charge is 0.257 e. The lowest BCUT2D eigenvalue weighted by molar-refractivity contribution is 0.129. The third kappa shape index (κ3) is 2.02. The Labute approximate surface area is 101 Å². The van der Waals surface area contributed by atoms with Crippen LogP contribution in [-0.2, 0) is 13.0 Å². The van der Waals surface area contributed by atoms with Gasteiger partial charge in [-0.05, 0) is 25.2 Å². The highest BCUT2D eigenvalue weighted by molar-refractivity contribution is 5.23. The molecule has 2 rings (SSSR count). The zero-order chi connectivity index (χ0) is 12.6. The molecule has 0 saturated carbocycles. The lowest BCUT2D eigenvalue weighted by Crippen LogP contribution is -2.34. The monoisotopic (exact) mass is 236 g/mol. The normalized spacial score (nSPS) is 19.5. The second-order valence-electron chi connectivity index (χ2n) is 4.96. The van der Waals surface area contributed by atoms with Crippen LogP contribution in [0.2, 0.25) is 0 Å². The molecular weight excluding hydrogens is 216 g/mol. The first-order chi connectivity index (χ1) is 8.06. The summed E-state index contributed by atoms with van der Waals surface area (Å²) in [5.41, 5.74) is 1.70. The first-order valence-electron chi connectivity index (χ1n) is 6.37. The summed E-state index contributed by atoms with van der Waals surface area (Å²) in [6, 6.07) is 0. The highest BCUT2D eigenvalue weighted by atomic mass is 16.3. The van der Waals surface area contributed by atoms with E-state index in [0.717, 1.165) is 17.7 Å². The van der Waals surface area contributed by atoms with E-state index < -0.39 is 6.10 Å². The van der Waals surface area contributed by atoms with Gasteiger partial charge in [-0.2, -0.15) is 0 Å². The van der Waals surface area contributed by atoms with Crippen LogP contribution in [0.4, 0.5) is 0 Å². The minimum absolute atomic E-state index is 0.0416. The van der Waals surface area contributed by atoms with Crippen molar-refractivity contribution in [3.05, 3.63) is 27.4 Å².